The number of hydrogen-bond donors (Lipinski definition) is 1. The van der Waals surface area contributed by atoms with Gasteiger partial charge in [-0.05, 0) is 111 Å². The summed E-state index contributed by atoms with van der Waals surface area (Å²) in [6.45, 7) is 11.6. The molecule has 0 aliphatic carbocycles. The van der Waals surface area contributed by atoms with Gasteiger partial charge in [-0.1, -0.05) is 18.5 Å². The molecule has 3 amide bonds. The van der Waals surface area contributed by atoms with E-state index in [1.54, 1.807) is 30.3 Å². The molecule has 0 saturated carbocycles. The largest absolute Gasteiger partial charge is 0.366 e. The van der Waals surface area contributed by atoms with Crippen LogP contribution in [0.5, 0.6) is 0 Å². The van der Waals surface area contributed by atoms with E-state index in [2.05, 4.69) is 50.0 Å². The Morgan fingerprint density at radius 1 is 1.23 bits per heavy atom. The quantitative estimate of drug-likeness (QED) is 0.468. The van der Waals surface area contributed by atoms with Crippen molar-refractivity contribution in [1.29, 1.82) is 0 Å². The van der Waals surface area contributed by atoms with Crippen LogP contribution in [0.25, 0.3) is 6.08 Å². The van der Waals surface area contributed by atoms with Crippen molar-refractivity contribution in [2.75, 3.05) is 23.3 Å². The molecule has 8 heteroatoms. The lowest BCUT2D eigenvalue weighted by molar-refractivity contribution is -0.127. The molecule has 1 N–H and O–H groups in total. The Labute approximate surface area is 215 Å². The topological polar surface area (TPSA) is 69.7 Å². The molecule has 2 aliphatic rings. The molecule has 2 heterocycles. The zero-order chi connectivity index (χ0) is 25.5. The van der Waals surface area contributed by atoms with Crippen molar-refractivity contribution in [2.24, 2.45) is 0 Å². The molecule has 1 unspecified atom stereocenters. The van der Waals surface area contributed by atoms with E-state index in [0.717, 1.165) is 40.8 Å². The number of thioether (sulfide) groups is 1. The maximum Gasteiger partial charge on any atom is 0.294 e. The van der Waals surface area contributed by atoms with Crippen LogP contribution in [0.1, 0.15) is 56.7 Å². The van der Waals surface area contributed by atoms with E-state index in [-0.39, 0.29) is 12.1 Å². The molecule has 2 aliphatic heterocycles. The first kappa shape index (κ1) is 25.3. The molecule has 0 aromatic heterocycles. The van der Waals surface area contributed by atoms with E-state index in [9.17, 15) is 14.4 Å². The normalized spacial score (nSPS) is 20.4. The first-order valence-corrected chi connectivity index (χ1v) is 12.9. The van der Waals surface area contributed by atoms with Gasteiger partial charge in [-0.2, -0.15) is 0 Å². The van der Waals surface area contributed by atoms with Crippen molar-refractivity contribution >= 4 is 57.9 Å². The summed E-state index contributed by atoms with van der Waals surface area (Å²) in [5, 5.41) is 2.79. The molecule has 2 aromatic carbocycles. The van der Waals surface area contributed by atoms with Crippen molar-refractivity contribution in [1.82, 2.24) is 4.90 Å². The molecule has 4 rings (SSSR count). The van der Waals surface area contributed by atoms with E-state index in [4.69, 9.17) is 11.6 Å². The van der Waals surface area contributed by atoms with Crippen LogP contribution in [-0.4, -0.2) is 40.6 Å². The minimum atomic E-state index is -0.451. The number of rotatable bonds is 5. The van der Waals surface area contributed by atoms with Gasteiger partial charge in [0, 0.05) is 28.5 Å². The summed E-state index contributed by atoms with van der Waals surface area (Å²) < 4.78 is 0. The fourth-order valence-electron chi connectivity index (χ4n) is 5.06. The maximum atomic E-state index is 13.0. The van der Waals surface area contributed by atoms with Gasteiger partial charge in [-0.25, -0.2) is 0 Å². The van der Waals surface area contributed by atoms with Gasteiger partial charge in [-0.15, -0.1) is 0 Å². The number of benzene rings is 2. The third-order valence-electron chi connectivity index (χ3n) is 6.68. The van der Waals surface area contributed by atoms with Crippen molar-refractivity contribution in [3.63, 3.8) is 0 Å². The summed E-state index contributed by atoms with van der Waals surface area (Å²) in [5.41, 5.74) is 5.07. The lowest BCUT2D eigenvalue weighted by Gasteiger charge is -2.47. The van der Waals surface area contributed by atoms with Crippen LogP contribution in [0.15, 0.2) is 41.3 Å². The number of hydrogen-bond acceptors (Lipinski definition) is 5. The van der Waals surface area contributed by atoms with E-state index in [0.29, 0.717) is 21.5 Å². The summed E-state index contributed by atoms with van der Waals surface area (Å²) in [6.07, 6.45) is 2.82. The van der Waals surface area contributed by atoms with Crippen LogP contribution in [0, 0.1) is 6.92 Å². The van der Waals surface area contributed by atoms with Gasteiger partial charge in [0.1, 0.15) is 6.54 Å². The molecule has 0 bridgehead atoms. The van der Waals surface area contributed by atoms with Gasteiger partial charge in [-0.3, -0.25) is 19.3 Å². The zero-order valence-corrected chi connectivity index (χ0v) is 22.2. The highest BCUT2D eigenvalue weighted by atomic mass is 35.5. The smallest absolute Gasteiger partial charge is 0.294 e. The number of imide groups is 1. The van der Waals surface area contributed by atoms with Crippen LogP contribution in [0.4, 0.5) is 16.2 Å². The first-order chi connectivity index (χ1) is 16.5. The predicted molar refractivity (Wildman–Crippen MR) is 144 cm³/mol. The number of nitrogens with one attached hydrogen (secondary N) is 1. The summed E-state index contributed by atoms with van der Waals surface area (Å²) in [4.78, 5) is 41.8. The third-order valence-corrected chi connectivity index (χ3v) is 7.84. The second-order valence-corrected chi connectivity index (χ2v) is 11.2. The van der Waals surface area contributed by atoms with Crippen LogP contribution < -0.4 is 10.2 Å². The van der Waals surface area contributed by atoms with Crippen molar-refractivity contribution in [3.8, 4) is 0 Å². The van der Waals surface area contributed by atoms with Crippen molar-refractivity contribution in [2.45, 2.75) is 52.5 Å². The summed E-state index contributed by atoms with van der Waals surface area (Å²) >= 11 is 6.74. The van der Waals surface area contributed by atoms with E-state index >= 15 is 0 Å². The Morgan fingerprint density at radius 2 is 1.91 bits per heavy atom. The molecule has 0 radical (unpaired) electrons. The molecular formula is C27H30ClN3O3S. The maximum absolute atomic E-state index is 13.0. The molecule has 184 valence electrons. The van der Waals surface area contributed by atoms with Gasteiger partial charge >= 0.3 is 0 Å². The number of carbonyl (C=O) groups excluding carboxylic acids is 3. The standard InChI is InChI=1S/C27H30ClN3O3S/c1-6-31-22-11-16(2)18(12-21(22)17(3)14-27(31,4)5)13-23-25(33)30(26(34)35-23)15-24(32)29-20-9-7-19(28)8-10-20/h7-13,17H,6,14-15H2,1-5H3,(H,29,32)/b23-13-. The highest BCUT2D eigenvalue weighted by Crippen LogP contribution is 2.45. The van der Waals surface area contributed by atoms with Gasteiger partial charge < -0.3 is 10.2 Å². The Bertz CT molecular complexity index is 1220. The number of carbonyl (C=O) groups is 3. The minimum absolute atomic E-state index is 0.0738. The second-order valence-electron chi connectivity index (χ2n) is 9.75. The molecule has 1 saturated heterocycles. The van der Waals surface area contributed by atoms with Crippen LogP contribution in [0.3, 0.4) is 0 Å². The Morgan fingerprint density at radius 3 is 2.57 bits per heavy atom. The van der Waals surface area contributed by atoms with Crippen LogP contribution in [-0.2, 0) is 9.59 Å². The minimum Gasteiger partial charge on any atom is -0.366 e. The van der Waals surface area contributed by atoms with Gasteiger partial charge in [0.05, 0.1) is 4.91 Å². The molecule has 2 aromatic rings. The predicted octanol–water partition coefficient (Wildman–Crippen LogP) is 6.44. The number of amides is 3. The van der Waals surface area contributed by atoms with Crippen molar-refractivity contribution < 1.29 is 14.4 Å². The first-order valence-electron chi connectivity index (χ1n) is 11.7. The Hall–Kier alpha value is -2.77. The van der Waals surface area contributed by atoms with Crippen molar-refractivity contribution in [3.05, 3.63) is 63.0 Å². The lowest BCUT2D eigenvalue weighted by atomic mass is 9.79. The number of aryl methyl sites for hydroxylation is 1. The zero-order valence-electron chi connectivity index (χ0n) is 20.6. The number of halogens is 1. The fourth-order valence-corrected chi connectivity index (χ4v) is 6.01. The monoisotopic (exact) mass is 511 g/mol. The molecule has 35 heavy (non-hydrogen) atoms. The average Bonchev–Trinajstić information content (AvgIpc) is 3.03. The van der Waals surface area contributed by atoms with E-state index in [1.165, 1.54) is 11.3 Å². The SMILES string of the molecule is CCN1c2cc(C)c(/C=C3\SC(=O)N(CC(=O)Nc4ccc(Cl)cc4)C3=O)cc2C(C)CC1(C)C. The van der Waals surface area contributed by atoms with E-state index < -0.39 is 17.1 Å². The van der Waals surface area contributed by atoms with Gasteiger partial charge in [0.2, 0.25) is 5.91 Å². The molecular weight excluding hydrogens is 482 g/mol. The van der Waals surface area contributed by atoms with Gasteiger partial charge in [0.15, 0.2) is 0 Å². The fraction of sp³-hybridized carbons (Fsp3) is 0.370. The average molecular weight is 512 g/mol. The second kappa shape index (κ2) is 9.70. The molecule has 0 spiro atoms. The molecule has 1 fully saturated rings. The van der Waals surface area contributed by atoms with Gasteiger partial charge in [0.25, 0.3) is 11.1 Å². The Balaban J connectivity index is 1.55. The third kappa shape index (κ3) is 5.11. The lowest BCUT2D eigenvalue weighted by Crippen LogP contribution is -2.48. The van der Waals surface area contributed by atoms with E-state index in [1.807, 2.05) is 6.92 Å². The van der Waals surface area contributed by atoms with Crippen LogP contribution >= 0.6 is 23.4 Å². The number of fused-ring (bicyclic) bond motifs is 1. The molecule has 1 atom stereocenters. The highest BCUT2D eigenvalue weighted by Gasteiger charge is 2.38. The summed E-state index contributed by atoms with van der Waals surface area (Å²) in [5.74, 6) is -0.521. The summed E-state index contributed by atoms with van der Waals surface area (Å²) in [7, 11) is 0. The molecule has 6 nitrogen and oxygen atoms in total. The Kier molecular flexibility index (Phi) is 7.02. The number of anilines is 2. The van der Waals surface area contributed by atoms with Crippen LogP contribution in [0.2, 0.25) is 5.02 Å². The highest BCUT2D eigenvalue weighted by molar-refractivity contribution is 8.18. The summed E-state index contributed by atoms with van der Waals surface area (Å²) in [6, 6.07) is 11.0. The number of nitrogens with zero attached hydrogens (tertiary/aromatic N) is 2.